The Labute approximate surface area is 117 Å². The molecule has 3 amide bonds. The molecule has 104 valence electrons. The van der Waals surface area contributed by atoms with Crippen LogP contribution in [0.25, 0.3) is 0 Å². The molecule has 0 aliphatic heterocycles. The molecule has 4 N–H and O–H groups in total. The van der Waals surface area contributed by atoms with Gasteiger partial charge in [-0.3, -0.25) is 4.79 Å². The van der Waals surface area contributed by atoms with Gasteiger partial charge in [0.15, 0.2) is 0 Å². The number of amides is 3. The lowest BCUT2D eigenvalue weighted by molar-refractivity contribution is 0.100. The van der Waals surface area contributed by atoms with Crippen LogP contribution in [-0.2, 0) is 0 Å². The minimum Gasteiger partial charge on any atom is -0.366 e. The van der Waals surface area contributed by atoms with Crippen LogP contribution in [0.4, 0.5) is 10.5 Å². The van der Waals surface area contributed by atoms with Gasteiger partial charge in [0.2, 0.25) is 5.91 Å². The van der Waals surface area contributed by atoms with Crippen LogP contribution in [0.5, 0.6) is 0 Å². The lowest BCUT2D eigenvalue weighted by Gasteiger charge is -2.18. The van der Waals surface area contributed by atoms with Crippen LogP contribution in [-0.4, -0.2) is 18.0 Å². The summed E-state index contributed by atoms with van der Waals surface area (Å²) in [5.41, 5.74) is 5.87. The third-order valence-corrected chi connectivity index (χ3v) is 3.16. The van der Waals surface area contributed by atoms with Gasteiger partial charge in [0, 0.05) is 11.7 Å². The van der Waals surface area contributed by atoms with Crippen molar-refractivity contribution in [2.75, 3.05) is 5.32 Å². The van der Waals surface area contributed by atoms with Crippen molar-refractivity contribution >= 4 is 29.2 Å². The molecule has 0 heterocycles. The van der Waals surface area contributed by atoms with Gasteiger partial charge in [-0.1, -0.05) is 25.4 Å². The number of carbonyl (C=O) groups excluding carboxylic acids is 2. The largest absolute Gasteiger partial charge is 0.366 e. The zero-order valence-electron chi connectivity index (χ0n) is 11.2. The summed E-state index contributed by atoms with van der Waals surface area (Å²) in [7, 11) is 0. The summed E-state index contributed by atoms with van der Waals surface area (Å²) in [6.07, 6.45) is 0. The van der Waals surface area contributed by atoms with Crippen molar-refractivity contribution in [1.29, 1.82) is 0 Å². The summed E-state index contributed by atoms with van der Waals surface area (Å²) in [5.74, 6) is -0.263. The van der Waals surface area contributed by atoms with Crippen molar-refractivity contribution in [3.63, 3.8) is 0 Å². The van der Waals surface area contributed by atoms with Crippen LogP contribution < -0.4 is 16.4 Å². The first-order valence-electron chi connectivity index (χ1n) is 5.98. The monoisotopic (exact) mass is 283 g/mol. The first-order chi connectivity index (χ1) is 8.81. The van der Waals surface area contributed by atoms with Crippen molar-refractivity contribution in [3.05, 3.63) is 28.8 Å². The average molecular weight is 284 g/mol. The molecule has 0 aliphatic carbocycles. The van der Waals surface area contributed by atoms with E-state index in [-0.39, 0.29) is 22.7 Å². The summed E-state index contributed by atoms with van der Waals surface area (Å²) in [6, 6.07) is 4.28. The Morgan fingerprint density at radius 1 is 1.26 bits per heavy atom. The highest BCUT2D eigenvalue weighted by atomic mass is 35.5. The molecule has 1 aromatic rings. The Hall–Kier alpha value is -1.75. The van der Waals surface area contributed by atoms with E-state index in [0.29, 0.717) is 11.6 Å². The number of primary amides is 1. The highest BCUT2D eigenvalue weighted by molar-refractivity contribution is 6.34. The molecular weight excluding hydrogens is 266 g/mol. The van der Waals surface area contributed by atoms with Crippen LogP contribution in [0.3, 0.4) is 0 Å². The summed E-state index contributed by atoms with van der Waals surface area (Å²) in [5, 5.41) is 5.66. The summed E-state index contributed by atoms with van der Waals surface area (Å²) in [6.45, 7) is 5.96. The molecule has 0 aliphatic rings. The van der Waals surface area contributed by atoms with Crippen molar-refractivity contribution < 1.29 is 9.59 Å². The average Bonchev–Trinajstić information content (AvgIpc) is 2.27. The van der Waals surface area contributed by atoms with Gasteiger partial charge in [0.1, 0.15) is 0 Å². The molecule has 19 heavy (non-hydrogen) atoms. The second-order valence-corrected chi connectivity index (χ2v) is 5.10. The fourth-order valence-corrected chi connectivity index (χ4v) is 1.61. The standard InChI is InChI=1S/C13H18ClN3O2/c1-7(2)8(3)16-13(19)17-9-4-5-10(12(15)18)11(14)6-9/h4-8H,1-3H3,(H2,15,18)(H2,16,17,19)/t8-/m1/s1. The second-order valence-electron chi connectivity index (χ2n) is 4.69. The second kappa shape index (κ2) is 6.43. The molecule has 0 fully saturated rings. The number of nitrogens with two attached hydrogens (primary N) is 1. The number of rotatable bonds is 4. The molecule has 0 unspecified atom stereocenters. The molecule has 1 atom stereocenters. The van der Waals surface area contributed by atoms with E-state index in [1.807, 2.05) is 20.8 Å². The molecular formula is C13H18ClN3O2. The van der Waals surface area contributed by atoms with Gasteiger partial charge in [-0.25, -0.2) is 4.79 Å². The fraction of sp³-hybridized carbons (Fsp3) is 0.385. The van der Waals surface area contributed by atoms with Crippen LogP contribution in [0.1, 0.15) is 31.1 Å². The first kappa shape index (κ1) is 15.3. The van der Waals surface area contributed by atoms with Crippen LogP contribution >= 0.6 is 11.6 Å². The Balaban J connectivity index is 2.70. The number of nitrogens with one attached hydrogen (secondary N) is 2. The minimum atomic E-state index is -0.602. The van der Waals surface area contributed by atoms with Gasteiger partial charge in [0.25, 0.3) is 0 Å². The summed E-state index contributed by atoms with van der Waals surface area (Å²) >= 11 is 5.89. The molecule has 5 nitrogen and oxygen atoms in total. The Morgan fingerprint density at radius 2 is 1.89 bits per heavy atom. The quantitative estimate of drug-likeness (QED) is 0.793. The van der Waals surface area contributed by atoms with E-state index in [0.717, 1.165) is 0 Å². The molecule has 0 saturated carbocycles. The lowest BCUT2D eigenvalue weighted by atomic mass is 10.1. The number of anilines is 1. The molecule has 0 spiro atoms. The zero-order chi connectivity index (χ0) is 14.6. The van der Waals surface area contributed by atoms with E-state index >= 15 is 0 Å². The zero-order valence-corrected chi connectivity index (χ0v) is 11.9. The number of hydrogen-bond donors (Lipinski definition) is 3. The molecule has 1 rings (SSSR count). The van der Waals surface area contributed by atoms with Gasteiger partial charge in [-0.15, -0.1) is 0 Å². The van der Waals surface area contributed by atoms with Gasteiger partial charge in [-0.2, -0.15) is 0 Å². The van der Waals surface area contributed by atoms with Crippen LogP contribution in [0, 0.1) is 5.92 Å². The van der Waals surface area contributed by atoms with Crippen molar-refractivity contribution in [1.82, 2.24) is 5.32 Å². The van der Waals surface area contributed by atoms with Crippen LogP contribution in [0.2, 0.25) is 5.02 Å². The topological polar surface area (TPSA) is 84.2 Å². The summed E-state index contributed by atoms with van der Waals surface area (Å²) < 4.78 is 0. The highest BCUT2D eigenvalue weighted by Crippen LogP contribution is 2.20. The fourth-order valence-electron chi connectivity index (χ4n) is 1.33. The third kappa shape index (κ3) is 4.44. The highest BCUT2D eigenvalue weighted by Gasteiger charge is 2.12. The molecule has 0 aromatic heterocycles. The Morgan fingerprint density at radius 3 is 2.37 bits per heavy atom. The molecule has 6 heteroatoms. The number of urea groups is 1. The van der Waals surface area contributed by atoms with E-state index in [2.05, 4.69) is 10.6 Å². The molecule has 0 radical (unpaired) electrons. The van der Waals surface area contributed by atoms with Gasteiger partial charge in [-0.05, 0) is 31.0 Å². The van der Waals surface area contributed by atoms with Crippen LogP contribution in [0.15, 0.2) is 18.2 Å². The third-order valence-electron chi connectivity index (χ3n) is 2.85. The molecule has 1 aromatic carbocycles. The van der Waals surface area contributed by atoms with E-state index in [1.165, 1.54) is 12.1 Å². The summed E-state index contributed by atoms with van der Waals surface area (Å²) in [4.78, 5) is 22.7. The maximum atomic E-state index is 11.7. The normalized spacial score (nSPS) is 12.1. The molecule has 0 bridgehead atoms. The van der Waals surface area contributed by atoms with Crippen molar-refractivity contribution in [2.24, 2.45) is 11.7 Å². The Kier molecular flexibility index (Phi) is 5.18. The van der Waals surface area contributed by atoms with E-state index in [9.17, 15) is 9.59 Å². The number of benzene rings is 1. The number of hydrogen-bond acceptors (Lipinski definition) is 2. The maximum Gasteiger partial charge on any atom is 0.319 e. The van der Waals surface area contributed by atoms with Gasteiger partial charge in [0.05, 0.1) is 10.6 Å². The predicted molar refractivity (Wildman–Crippen MR) is 76.4 cm³/mol. The van der Waals surface area contributed by atoms with Gasteiger partial charge >= 0.3 is 6.03 Å². The first-order valence-corrected chi connectivity index (χ1v) is 6.36. The molecule has 0 saturated heterocycles. The van der Waals surface area contributed by atoms with Crippen molar-refractivity contribution in [3.8, 4) is 0 Å². The minimum absolute atomic E-state index is 0.0559. The lowest BCUT2D eigenvalue weighted by Crippen LogP contribution is -2.39. The Bertz CT molecular complexity index is 489. The van der Waals surface area contributed by atoms with Gasteiger partial charge < -0.3 is 16.4 Å². The smallest absolute Gasteiger partial charge is 0.319 e. The number of carbonyl (C=O) groups is 2. The van der Waals surface area contributed by atoms with Crippen molar-refractivity contribution in [2.45, 2.75) is 26.8 Å². The van der Waals surface area contributed by atoms with E-state index in [1.54, 1.807) is 6.07 Å². The number of halogens is 1. The maximum absolute atomic E-state index is 11.7. The predicted octanol–water partition coefficient (Wildman–Crippen LogP) is 2.60. The van der Waals surface area contributed by atoms with E-state index in [4.69, 9.17) is 17.3 Å². The van der Waals surface area contributed by atoms with E-state index < -0.39 is 5.91 Å². The SMILES string of the molecule is CC(C)[C@@H](C)NC(=O)Nc1ccc(C(N)=O)c(Cl)c1.